The van der Waals surface area contributed by atoms with Gasteiger partial charge in [0, 0.05) is 42.2 Å². The summed E-state index contributed by atoms with van der Waals surface area (Å²) in [5, 5.41) is 14.6. The lowest BCUT2D eigenvalue weighted by Crippen LogP contribution is -2.64. The Bertz CT molecular complexity index is 1100. The molecule has 1 aliphatic rings. The van der Waals surface area contributed by atoms with Crippen LogP contribution in [0.1, 0.15) is 13.3 Å². The van der Waals surface area contributed by atoms with E-state index in [1.165, 1.54) is 6.33 Å². The number of H-pyrrole nitrogens is 1. The minimum absolute atomic E-state index is 0.243. The van der Waals surface area contributed by atoms with E-state index < -0.39 is 15.5 Å². The molecule has 1 saturated heterocycles. The van der Waals surface area contributed by atoms with Gasteiger partial charge in [0.05, 0.1) is 24.4 Å². The predicted octanol–water partition coefficient (Wildman–Crippen LogP) is 1.73. The number of hydrogen-bond acceptors (Lipinski definition) is 6. The van der Waals surface area contributed by atoms with Crippen LogP contribution < -0.4 is 0 Å². The summed E-state index contributed by atoms with van der Waals surface area (Å²) in [6.45, 7) is 2.49. The van der Waals surface area contributed by atoms with Crippen molar-refractivity contribution in [3.8, 4) is 17.3 Å². The van der Waals surface area contributed by atoms with Crippen LogP contribution in [0.25, 0.3) is 22.3 Å². The summed E-state index contributed by atoms with van der Waals surface area (Å²) in [6, 6.07) is 4.11. The molecule has 4 heterocycles. The number of fused-ring (bicyclic) bond motifs is 1. The maximum Gasteiger partial charge on any atom is 0.141 e. The standard InChI is InChI=1S/C16H18N8OS/c1-2-26(18,25)23-9-16(10-23,4-5-17)24-8-12(7-22-24)14-13-3-6-19-15(13)21-11-20-14/h3,6-8,11,18H,2,4,9-10H2,1H3,(H,19,20,21). The first-order valence-electron chi connectivity index (χ1n) is 8.21. The van der Waals surface area contributed by atoms with Crippen LogP contribution >= 0.6 is 0 Å². The summed E-state index contributed by atoms with van der Waals surface area (Å²) < 4.78 is 23.6. The Morgan fingerprint density at radius 1 is 1.46 bits per heavy atom. The van der Waals surface area contributed by atoms with Crippen LogP contribution in [0.5, 0.6) is 0 Å². The quantitative estimate of drug-likeness (QED) is 0.707. The third kappa shape index (κ3) is 2.48. The molecule has 2 N–H and O–H groups in total. The second-order valence-electron chi connectivity index (χ2n) is 6.42. The fraction of sp³-hybridized carbons (Fsp3) is 0.375. The van der Waals surface area contributed by atoms with Crippen LogP contribution in [-0.4, -0.2) is 52.1 Å². The van der Waals surface area contributed by atoms with Gasteiger partial charge in [0.25, 0.3) is 0 Å². The van der Waals surface area contributed by atoms with Gasteiger partial charge >= 0.3 is 0 Å². The SMILES string of the molecule is CCS(=N)(=O)N1CC(CC#N)(n2cc(-c3ncnc4[nH]ccc34)cn2)C1. The van der Waals surface area contributed by atoms with Gasteiger partial charge in [0.2, 0.25) is 0 Å². The van der Waals surface area contributed by atoms with Gasteiger partial charge in [-0.15, -0.1) is 0 Å². The number of aromatic amines is 1. The molecule has 0 bridgehead atoms. The van der Waals surface area contributed by atoms with Gasteiger partial charge in [-0.05, 0) is 6.07 Å². The molecule has 1 fully saturated rings. The van der Waals surface area contributed by atoms with Gasteiger partial charge in [-0.25, -0.2) is 23.3 Å². The third-order valence-corrected chi connectivity index (χ3v) is 6.73. The van der Waals surface area contributed by atoms with Crippen LogP contribution in [0.3, 0.4) is 0 Å². The Hall–Kier alpha value is -2.77. The van der Waals surface area contributed by atoms with Crippen molar-refractivity contribution in [2.75, 3.05) is 18.8 Å². The lowest BCUT2D eigenvalue weighted by Gasteiger charge is -2.48. The van der Waals surface area contributed by atoms with Crippen molar-refractivity contribution in [3.63, 3.8) is 0 Å². The summed E-state index contributed by atoms with van der Waals surface area (Å²) in [5.41, 5.74) is 1.79. The Kier molecular flexibility index (Phi) is 3.78. The zero-order valence-electron chi connectivity index (χ0n) is 14.2. The molecule has 3 aromatic heterocycles. The van der Waals surface area contributed by atoms with Crippen molar-refractivity contribution in [2.45, 2.75) is 18.9 Å². The van der Waals surface area contributed by atoms with Crippen LogP contribution in [0, 0.1) is 16.1 Å². The highest BCUT2D eigenvalue weighted by Crippen LogP contribution is 2.35. The third-order valence-electron chi connectivity index (χ3n) is 4.85. The van der Waals surface area contributed by atoms with Crippen LogP contribution in [-0.2, 0) is 15.5 Å². The van der Waals surface area contributed by atoms with Crippen molar-refractivity contribution in [1.82, 2.24) is 29.0 Å². The number of nitrogens with zero attached hydrogens (tertiary/aromatic N) is 6. The Morgan fingerprint density at radius 2 is 2.27 bits per heavy atom. The number of rotatable bonds is 5. The van der Waals surface area contributed by atoms with Gasteiger partial charge in [-0.2, -0.15) is 10.4 Å². The maximum absolute atomic E-state index is 12.3. The highest BCUT2D eigenvalue weighted by atomic mass is 32.2. The van der Waals surface area contributed by atoms with Crippen molar-refractivity contribution in [1.29, 1.82) is 10.0 Å². The molecule has 0 amide bonds. The van der Waals surface area contributed by atoms with E-state index in [4.69, 9.17) is 4.78 Å². The largest absolute Gasteiger partial charge is 0.346 e. The molecule has 0 spiro atoms. The topological polar surface area (TPSA) is 127 Å². The minimum atomic E-state index is -2.77. The lowest BCUT2D eigenvalue weighted by atomic mass is 9.89. The van der Waals surface area contributed by atoms with Crippen molar-refractivity contribution in [2.24, 2.45) is 0 Å². The highest BCUT2D eigenvalue weighted by Gasteiger charge is 2.48. The fourth-order valence-electron chi connectivity index (χ4n) is 3.29. The van der Waals surface area contributed by atoms with E-state index in [1.807, 2.05) is 18.5 Å². The Morgan fingerprint density at radius 3 is 3.00 bits per heavy atom. The average molecular weight is 370 g/mol. The summed E-state index contributed by atoms with van der Waals surface area (Å²) >= 11 is 0. The molecule has 0 aliphatic carbocycles. The molecule has 0 aromatic carbocycles. The van der Waals surface area contributed by atoms with E-state index in [9.17, 15) is 9.47 Å². The molecule has 1 atom stereocenters. The van der Waals surface area contributed by atoms with E-state index in [-0.39, 0.29) is 12.2 Å². The maximum atomic E-state index is 12.3. The molecule has 10 heteroatoms. The molecule has 1 unspecified atom stereocenters. The number of aromatic nitrogens is 5. The Balaban J connectivity index is 1.69. The summed E-state index contributed by atoms with van der Waals surface area (Å²) in [4.78, 5) is 11.6. The molecule has 3 aromatic rings. The van der Waals surface area contributed by atoms with E-state index in [0.29, 0.717) is 13.1 Å². The van der Waals surface area contributed by atoms with E-state index in [0.717, 1.165) is 22.3 Å². The summed E-state index contributed by atoms with van der Waals surface area (Å²) in [5.74, 6) is 0.270. The minimum Gasteiger partial charge on any atom is -0.346 e. The molecule has 0 saturated carbocycles. The van der Waals surface area contributed by atoms with Crippen LogP contribution in [0.4, 0.5) is 0 Å². The smallest absolute Gasteiger partial charge is 0.141 e. The normalized spacial score (nSPS) is 18.9. The average Bonchev–Trinajstić information content (AvgIpc) is 3.26. The van der Waals surface area contributed by atoms with Crippen molar-refractivity contribution >= 4 is 20.9 Å². The number of hydrogen-bond donors (Lipinski definition) is 2. The van der Waals surface area contributed by atoms with E-state index in [1.54, 1.807) is 22.1 Å². The first kappa shape index (κ1) is 16.7. The van der Waals surface area contributed by atoms with E-state index >= 15 is 0 Å². The summed E-state index contributed by atoms with van der Waals surface area (Å²) in [7, 11) is -2.77. The molecule has 0 radical (unpaired) electrons. The second-order valence-corrected chi connectivity index (χ2v) is 8.80. The van der Waals surface area contributed by atoms with Crippen LogP contribution in [0.15, 0.2) is 31.0 Å². The molecular formula is C16H18N8OS. The first-order valence-corrected chi connectivity index (χ1v) is 9.90. The van der Waals surface area contributed by atoms with Gasteiger partial charge in [-0.1, -0.05) is 6.92 Å². The van der Waals surface area contributed by atoms with Crippen LogP contribution in [0.2, 0.25) is 0 Å². The second kappa shape index (κ2) is 5.89. The Labute approximate surface area is 150 Å². The molecule has 1 aliphatic heterocycles. The zero-order valence-corrected chi connectivity index (χ0v) is 15.0. The molecule has 4 rings (SSSR count). The van der Waals surface area contributed by atoms with E-state index in [2.05, 4.69) is 26.1 Å². The monoisotopic (exact) mass is 370 g/mol. The molecule has 134 valence electrons. The van der Waals surface area contributed by atoms with Crippen molar-refractivity contribution in [3.05, 3.63) is 31.0 Å². The first-order chi connectivity index (χ1) is 12.5. The predicted molar refractivity (Wildman–Crippen MR) is 96.3 cm³/mol. The van der Waals surface area contributed by atoms with Gasteiger partial charge in [0.1, 0.15) is 27.4 Å². The van der Waals surface area contributed by atoms with Crippen molar-refractivity contribution < 1.29 is 4.21 Å². The number of nitriles is 1. The van der Waals surface area contributed by atoms with Gasteiger partial charge in [0.15, 0.2) is 0 Å². The van der Waals surface area contributed by atoms with Gasteiger partial charge < -0.3 is 4.98 Å². The molecule has 26 heavy (non-hydrogen) atoms. The molecule has 9 nitrogen and oxygen atoms in total. The highest BCUT2D eigenvalue weighted by molar-refractivity contribution is 7.90. The zero-order chi connectivity index (χ0) is 18.4. The summed E-state index contributed by atoms with van der Waals surface area (Å²) in [6.07, 6.45) is 7.13. The molecular weight excluding hydrogens is 352 g/mol. The number of nitrogens with one attached hydrogen (secondary N) is 2. The lowest BCUT2D eigenvalue weighted by molar-refractivity contribution is 0.0747. The van der Waals surface area contributed by atoms with Gasteiger partial charge in [-0.3, -0.25) is 4.68 Å². The fourth-order valence-corrected chi connectivity index (χ4v) is 4.56.